The molecule has 6 rings (SSSR count). The van der Waals surface area contributed by atoms with E-state index in [1.54, 1.807) is 4.52 Å². The SMILES string of the molecule is Cc1cc2nnc(C(=O)N3CCC(c4nc(C(=O)N5CCN(c6ccc(C#N)cc6)CC5)cs4)CC3)c(C)n2n1. The lowest BCUT2D eigenvalue weighted by molar-refractivity contribution is 0.0703. The summed E-state index contributed by atoms with van der Waals surface area (Å²) in [4.78, 5) is 37.1. The summed E-state index contributed by atoms with van der Waals surface area (Å²) in [6.45, 7) is 7.64. The van der Waals surface area contributed by atoms with Crippen molar-refractivity contribution < 1.29 is 9.59 Å². The third kappa shape index (κ3) is 4.88. The summed E-state index contributed by atoms with van der Waals surface area (Å²) in [7, 11) is 0. The van der Waals surface area contributed by atoms with Crippen LogP contribution in [0.2, 0.25) is 0 Å². The molecule has 2 saturated heterocycles. The van der Waals surface area contributed by atoms with Gasteiger partial charge in [-0.15, -0.1) is 21.5 Å². The number of piperidine rings is 1. The summed E-state index contributed by atoms with van der Waals surface area (Å²) in [5, 5.41) is 24.6. The second kappa shape index (κ2) is 10.7. The maximum atomic E-state index is 13.2. The number of aryl methyl sites for hydroxylation is 2. The molecule has 0 aliphatic carbocycles. The first-order chi connectivity index (χ1) is 19.4. The first-order valence-corrected chi connectivity index (χ1v) is 14.3. The molecule has 2 amide bonds. The molecule has 40 heavy (non-hydrogen) atoms. The zero-order valence-electron chi connectivity index (χ0n) is 22.4. The van der Waals surface area contributed by atoms with Gasteiger partial charge >= 0.3 is 0 Å². The van der Waals surface area contributed by atoms with Crippen molar-refractivity contribution in [2.24, 2.45) is 0 Å². The van der Waals surface area contributed by atoms with Crippen molar-refractivity contribution >= 4 is 34.5 Å². The van der Waals surface area contributed by atoms with Crippen molar-refractivity contribution in [2.45, 2.75) is 32.6 Å². The molecular weight excluding hydrogens is 526 g/mol. The Hall–Kier alpha value is -4.37. The van der Waals surface area contributed by atoms with Gasteiger partial charge in [-0.25, -0.2) is 9.50 Å². The van der Waals surface area contributed by atoms with E-state index in [9.17, 15) is 9.59 Å². The highest BCUT2D eigenvalue weighted by Crippen LogP contribution is 2.31. The number of nitrogens with zero attached hydrogens (tertiary/aromatic N) is 9. The van der Waals surface area contributed by atoms with E-state index >= 15 is 0 Å². The number of fused-ring (bicyclic) bond motifs is 1. The van der Waals surface area contributed by atoms with Crippen LogP contribution in [0.15, 0.2) is 35.7 Å². The minimum Gasteiger partial charge on any atom is -0.368 e. The molecule has 0 spiro atoms. The van der Waals surface area contributed by atoms with Crippen molar-refractivity contribution in [3.8, 4) is 6.07 Å². The molecule has 0 saturated carbocycles. The summed E-state index contributed by atoms with van der Waals surface area (Å²) < 4.78 is 1.67. The number of aromatic nitrogens is 5. The smallest absolute Gasteiger partial charge is 0.276 e. The van der Waals surface area contributed by atoms with Crippen LogP contribution in [-0.4, -0.2) is 85.7 Å². The number of hydrogen-bond donors (Lipinski definition) is 0. The number of likely N-dealkylation sites (tertiary alicyclic amines) is 1. The summed E-state index contributed by atoms with van der Waals surface area (Å²) in [5.74, 6) is 0.0498. The van der Waals surface area contributed by atoms with Crippen LogP contribution in [0.5, 0.6) is 0 Å². The predicted octanol–water partition coefficient (Wildman–Crippen LogP) is 3.05. The molecular formula is C28H29N9O2S. The van der Waals surface area contributed by atoms with Crippen LogP contribution in [-0.2, 0) is 0 Å². The Morgan fingerprint density at radius 2 is 1.65 bits per heavy atom. The van der Waals surface area contributed by atoms with E-state index in [1.165, 1.54) is 11.3 Å². The highest BCUT2D eigenvalue weighted by Gasteiger charge is 2.30. The first kappa shape index (κ1) is 25.9. The minimum absolute atomic E-state index is 0.0344. The number of amides is 2. The normalized spacial score (nSPS) is 16.4. The molecule has 1 aromatic carbocycles. The van der Waals surface area contributed by atoms with Gasteiger partial charge in [-0.05, 0) is 51.0 Å². The number of carbonyl (C=O) groups excluding carboxylic acids is 2. The topological polar surface area (TPSA) is 124 Å². The van der Waals surface area contributed by atoms with Crippen molar-refractivity contribution in [1.29, 1.82) is 5.26 Å². The van der Waals surface area contributed by atoms with E-state index in [1.807, 2.05) is 59.4 Å². The summed E-state index contributed by atoms with van der Waals surface area (Å²) in [6, 6.07) is 11.5. The fourth-order valence-corrected chi connectivity index (χ4v) is 6.37. The standard InChI is InChI=1S/C28H29N9O2S/c1-18-15-24-31-32-25(19(2)37(24)33-18)28(39)35-9-7-21(8-10-35)26-30-23(17-40-26)27(38)36-13-11-34(12-14-36)22-5-3-20(16-29)4-6-22/h3-6,15,17,21H,7-14H2,1-2H3. The number of thiazole rings is 1. The maximum Gasteiger partial charge on any atom is 0.276 e. The highest BCUT2D eigenvalue weighted by atomic mass is 32.1. The van der Waals surface area contributed by atoms with E-state index in [4.69, 9.17) is 10.2 Å². The van der Waals surface area contributed by atoms with Crippen LogP contribution < -0.4 is 4.90 Å². The van der Waals surface area contributed by atoms with Gasteiger partial charge in [-0.1, -0.05) is 0 Å². The van der Waals surface area contributed by atoms with Crippen molar-refractivity contribution in [3.63, 3.8) is 0 Å². The second-order valence-electron chi connectivity index (χ2n) is 10.3. The molecule has 0 atom stereocenters. The number of nitriles is 1. The Bertz CT molecular complexity index is 1600. The third-order valence-corrected chi connectivity index (χ3v) is 8.74. The lowest BCUT2D eigenvalue weighted by Gasteiger charge is -2.35. The average molecular weight is 556 g/mol. The van der Waals surface area contributed by atoms with Gasteiger partial charge in [0.15, 0.2) is 11.3 Å². The first-order valence-electron chi connectivity index (χ1n) is 13.4. The molecule has 11 nitrogen and oxygen atoms in total. The molecule has 3 aromatic heterocycles. The number of hydrogen-bond acceptors (Lipinski definition) is 9. The molecule has 5 heterocycles. The van der Waals surface area contributed by atoms with Gasteiger partial charge in [0.2, 0.25) is 0 Å². The summed E-state index contributed by atoms with van der Waals surface area (Å²) in [6.07, 6.45) is 1.57. The van der Waals surface area contributed by atoms with Gasteiger partial charge in [0.05, 0.1) is 28.0 Å². The second-order valence-corrected chi connectivity index (χ2v) is 11.2. The molecule has 2 fully saturated rings. The monoisotopic (exact) mass is 555 g/mol. The maximum absolute atomic E-state index is 13.2. The zero-order chi connectivity index (χ0) is 27.8. The Kier molecular flexibility index (Phi) is 6.89. The molecule has 2 aliphatic rings. The fourth-order valence-electron chi connectivity index (χ4n) is 5.40. The zero-order valence-corrected chi connectivity index (χ0v) is 23.3. The van der Waals surface area contributed by atoms with Gasteiger partial charge in [-0.2, -0.15) is 10.4 Å². The molecule has 0 radical (unpaired) electrons. The lowest BCUT2D eigenvalue weighted by Crippen LogP contribution is -2.48. The van der Waals surface area contributed by atoms with Crippen molar-refractivity contribution in [2.75, 3.05) is 44.2 Å². The van der Waals surface area contributed by atoms with Crippen LogP contribution in [0.1, 0.15) is 61.7 Å². The third-order valence-electron chi connectivity index (χ3n) is 7.73. The summed E-state index contributed by atoms with van der Waals surface area (Å²) >= 11 is 1.53. The van der Waals surface area contributed by atoms with E-state index in [0.717, 1.165) is 42.3 Å². The van der Waals surface area contributed by atoms with Crippen molar-refractivity contribution in [1.82, 2.24) is 34.6 Å². The number of rotatable bonds is 4. The van der Waals surface area contributed by atoms with Gasteiger partial charge in [0.1, 0.15) is 5.69 Å². The number of benzene rings is 1. The lowest BCUT2D eigenvalue weighted by atomic mass is 9.97. The molecule has 2 aliphatic heterocycles. The number of anilines is 1. The van der Waals surface area contributed by atoms with Gasteiger partial charge in [0, 0.05) is 62.3 Å². The molecule has 0 unspecified atom stereocenters. The molecule has 4 aromatic rings. The number of carbonyl (C=O) groups is 2. The van der Waals surface area contributed by atoms with E-state index in [-0.39, 0.29) is 17.7 Å². The molecule has 0 bridgehead atoms. The van der Waals surface area contributed by atoms with Crippen LogP contribution in [0.25, 0.3) is 5.65 Å². The largest absolute Gasteiger partial charge is 0.368 e. The number of piperazine rings is 1. The molecule has 204 valence electrons. The van der Waals surface area contributed by atoms with Crippen LogP contribution in [0.3, 0.4) is 0 Å². The predicted molar refractivity (Wildman–Crippen MR) is 150 cm³/mol. The Morgan fingerprint density at radius 1 is 0.950 bits per heavy atom. The Morgan fingerprint density at radius 3 is 2.35 bits per heavy atom. The van der Waals surface area contributed by atoms with E-state index in [2.05, 4.69) is 26.3 Å². The minimum atomic E-state index is -0.131. The summed E-state index contributed by atoms with van der Waals surface area (Å²) in [5.41, 5.74) is 4.68. The quantitative estimate of drug-likeness (QED) is 0.376. The molecule has 12 heteroatoms. The van der Waals surface area contributed by atoms with E-state index < -0.39 is 0 Å². The van der Waals surface area contributed by atoms with Crippen molar-refractivity contribution in [3.05, 3.63) is 69.1 Å². The van der Waals surface area contributed by atoms with Gasteiger partial charge in [-0.3, -0.25) is 9.59 Å². The fraction of sp³-hybridized carbons (Fsp3) is 0.393. The van der Waals surface area contributed by atoms with Gasteiger partial charge in [0.25, 0.3) is 11.8 Å². The van der Waals surface area contributed by atoms with Crippen LogP contribution in [0.4, 0.5) is 5.69 Å². The highest BCUT2D eigenvalue weighted by molar-refractivity contribution is 7.09. The van der Waals surface area contributed by atoms with Crippen LogP contribution in [0, 0.1) is 25.2 Å². The van der Waals surface area contributed by atoms with Gasteiger partial charge < -0.3 is 14.7 Å². The molecule has 0 N–H and O–H groups in total. The van der Waals surface area contributed by atoms with E-state index in [0.29, 0.717) is 54.5 Å². The average Bonchev–Trinajstić information content (AvgIpc) is 3.64. The Balaban J connectivity index is 1.04. The van der Waals surface area contributed by atoms with Crippen LogP contribution >= 0.6 is 11.3 Å². The Labute approximate surface area is 235 Å².